The van der Waals surface area contributed by atoms with E-state index in [1.54, 1.807) is 20.8 Å². The molecule has 0 aliphatic rings. The summed E-state index contributed by atoms with van der Waals surface area (Å²) in [4.78, 5) is 3.95. The van der Waals surface area contributed by atoms with Gasteiger partial charge < -0.3 is 10.3 Å². The molecule has 0 amide bonds. The van der Waals surface area contributed by atoms with Crippen molar-refractivity contribution in [2.24, 2.45) is 4.99 Å². The van der Waals surface area contributed by atoms with Crippen molar-refractivity contribution < 1.29 is 34.9 Å². The van der Waals surface area contributed by atoms with Crippen LogP contribution in [0.25, 0.3) is 5.32 Å². The van der Waals surface area contributed by atoms with Crippen LogP contribution in [0, 0.1) is 0 Å². The zero-order valence-corrected chi connectivity index (χ0v) is 10.1. The van der Waals surface area contributed by atoms with E-state index in [-0.39, 0.29) is 33.6 Å². The van der Waals surface area contributed by atoms with Gasteiger partial charge in [0.15, 0.2) is 0 Å². The summed E-state index contributed by atoms with van der Waals surface area (Å²) in [6.07, 6.45) is -3.79. The minimum absolute atomic E-state index is 0. The SMILES string of the molecule is CCC(=NC(C)C)[N-]CC(F)(F)F.[Ti]. The Hall–Kier alpha value is -0.0257. The van der Waals surface area contributed by atoms with Gasteiger partial charge in [0.05, 0.1) is 0 Å². The van der Waals surface area contributed by atoms with E-state index in [4.69, 9.17) is 0 Å². The molecular weight excluding hydrogens is 229 g/mol. The van der Waals surface area contributed by atoms with Gasteiger partial charge in [-0.2, -0.15) is 13.2 Å². The van der Waals surface area contributed by atoms with Crippen LogP contribution in [-0.4, -0.2) is 24.6 Å². The quantitative estimate of drug-likeness (QED) is 0.413. The Morgan fingerprint density at radius 1 is 1.36 bits per heavy atom. The first-order valence-electron chi connectivity index (χ1n) is 4.16. The average molecular weight is 243 g/mol. The van der Waals surface area contributed by atoms with E-state index in [0.29, 0.717) is 6.42 Å². The van der Waals surface area contributed by atoms with Crippen LogP contribution >= 0.6 is 0 Å². The van der Waals surface area contributed by atoms with Gasteiger partial charge >= 0.3 is 6.18 Å². The molecule has 0 N–H and O–H groups in total. The first-order valence-corrected chi connectivity index (χ1v) is 4.16. The first kappa shape index (κ1) is 16.4. The number of amidine groups is 1. The van der Waals surface area contributed by atoms with Crippen LogP contribution in [0.15, 0.2) is 4.99 Å². The van der Waals surface area contributed by atoms with Crippen LogP contribution in [0.2, 0.25) is 0 Å². The second-order valence-electron chi connectivity index (χ2n) is 2.92. The third kappa shape index (κ3) is 10.1. The largest absolute Gasteiger partial charge is 0.466 e. The van der Waals surface area contributed by atoms with Crippen molar-refractivity contribution in [2.75, 3.05) is 6.54 Å². The molecule has 0 heterocycles. The van der Waals surface area contributed by atoms with E-state index in [1.807, 2.05) is 0 Å². The zero-order valence-electron chi connectivity index (χ0n) is 8.52. The zero-order chi connectivity index (χ0) is 10.5. The van der Waals surface area contributed by atoms with E-state index in [1.165, 1.54) is 0 Å². The van der Waals surface area contributed by atoms with Crippen molar-refractivity contribution in [1.29, 1.82) is 0 Å². The molecule has 2 nitrogen and oxygen atoms in total. The minimum atomic E-state index is -4.23. The Bertz CT molecular complexity index is 178. The molecule has 0 aromatic heterocycles. The number of rotatable bonds is 3. The third-order valence-electron chi connectivity index (χ3n) is 1.16. The van der Waals surface area contributed by atoms with E-state index in [9.17, 15) is 13.2 Å². The maximum absolute atomic E-state index is 11.7. The van der Waals surface area contributed by atoms with Crippen molar-refractivity contribution in [3.05, 3.63) is 5.32 Å². The number of hydrogen-bond acceptors (Lipinski definition) is 1. The molecular formula is C8H14F3N2Ti-. The number of nitrogens with zero attached hydrogens (tertiary/aromatic N) is 2. The van der Waals surface area contributed by atoms with E-state index in [2.05, 4.69) is 10.3 Å². The van der Waals surface area contributed by atoms with Crippen LogP contribution in [0.4, 0.5) is 13.2 Å². The molecule has 0 aliphatic heterocycles. The molecule has 82 valence electrons. The molecule has 0 unspecified atom stereocenters. The Kier molecular flexibility index (Phi) is 8.54. The summed E-state index contributed by atoms with van der Waals surface area (Å²) in [7, 11) is 0. The summed E-state index contributed by atoms with van der Waals surface area (Å²) >= 11 is 0. The van der Waals surface area contributed by atoms with Gasteiger partial charge in [0.1, 0.15) is 0 Å². The molecule has 0 saturated carbocycles. The predicted molar refractivity (Wildman–Crippen MR) is 47.1 cm³/mol. The molecule has 0 aromatic rings. The second kappa shape index (κ2) is 7.29. The molecule has 0 atom stereocenters. The maximum atomic E-state index is 11.7. The Balaban J connectivity index is 0. The monoisotopic (exact) mass is 243 g/mol. The van der Waals surface area contributed by atoms with E-state index < -0.39 is 12.7 Å². The Labute approximate surface area is 97.2 Å². The number of hydrogen-bond donors (Lipinski definition) is 0. The molecule has 0 bridgehead atoms. The fourth-order valence-electron chi connectivity index (χ4n) is 0.723. The molecule has 0 spiro atoms. The smallest absolute Gasteiger partial charge is 0.388 e. The topological polar surface area (TPSA) is 26.5 Å². The van der Waals surface area contributed by atoms with Crippen molar-refractivity contribution in [1.82, 2.24) is 0 Å². The van der Waals surface area contributed by atoms with Crippen LogP contribution in [0.3, 0.4) is 0 Å². The fourth-order valence-corrected chi connectivity index (χ4v) is 0.723. The third-order valence-corrected chi connectivity index (χ3v) is 1.16. The summed E-state index contributed by atoms with van der Waals surface area (Å²) in [5.41, 5.74) is 0. The second-order valence-corrected chi connectivity index (χ2v) is 2.92. The molecule has 14 heavy (non-hydrogen) atoms. The standard InChI is InChI=1S/C8H14F3N2.Ti/c1-4-7(13-6(2)3)12-5-8(9,10)11;/h6H,4-5H2,1-3H3;/q-1;. The maximum Gasteiger partial charge on any atom is 0.388 e. The van der Waals surface area contributed by atoms with Gasteiger partial charge in [-0.1, -0.05) is 26.6 Å². The normalized spacial score (nSPS) is 12.6. The molecule has 0 aliphatic carbocycles. The van der Waals surface area contributed by atoms with Crippen molar-refractivity contribution in [2.45, 2.75) is 39.4 Å². The van der Waals surface area contributed by atoms with Crippen LogP contribution in [0.5, 0.6) is 0 Å². The number of alkyl halides is 3. The van der Waals surface area contributed by atoms with Gasteiger partial charge in [-0.15, -0.1) is 0 Å². The molecule has 0 rings (SSSR count). The Morgan fingerprint density at radius 3 is 2.14 bits per heavy atom. The van der Waals surface area contributed by atoms with Gasteiger partial charge in [0.2, 0.25) is 0 Å². The number of aliphatic imine (C=N–C) groups is 1. The molecule has 0 fully saturated rings. The van der Waals surface area contributed by atoms with Crippen LogP contribution in [-0.2, 0) is 21.7 Å². The van der Waals surface area contributed by atoms with Gasteiger partial charge in [-0.3, -0.25) is 0 Å². The van der Waals surface area contributed by atoms with Gasteiger partial charge in [-0.05, 0) is 12.5 Å². The summed E-state index contributed by atoms with van der Waals surface area (Å²) in [6, 6.07) is -0.00747. The van der Waals surface area contributed by atoms with Gasteiger partial charge in [-0.25, -0.2) is 0 Å². The number of halogens is 3. The summed E-state index contributed by atoms with van der Waals surface area (Å²) in [6.45, 7) is 4.21. The predicted octanol–water partition coefficient (Wildman–Crippen LogP) is 3.14. The van der Waals surface area contributed by atoms with Crippen molar-refractivity contribution in [3.8, 4) is 0 Å². The first-order chi connectivity index (χ1) is 5.85. The Morgan fingerprint density at radius 2 is 1.86 bits per heavy atom. The molecule has 0 radical (unpaired) electrons. The summed E-state index contributed by atoms with van der Waals surface area (Å²) < 4.78 is 35.2. The van der Waals surface area contributed by atoms with E-state index >= 15 is 0 Å². The molecule has 6 heteroatoms. The minimum Gasteiger partial charge on any atom is -0.466 e. The molecule has 0 saturated heterocycles. The van der Waals surface area contributed by atoms with Crippen LogP contribution in [0.1, 0.15) is 27.2 Å². The van der Waals surface area contributed by atoms with Crippen LogP contribution < -0.4 is 0 Å². The van der Waals surface area contributed by atoms with Crippen molar-refractivity contribution in [3.63, 3.8) is 0 Å². The average Bonchev–Trinajstić information content (AvgIpc) is 1.95. The van der Waals surface area contributed by atoms with E-state index in [0.717, 1.165) is 0 Å². The molecule has 0 aromatic carbocycles. The fraction of sp³-hybridized carbons (Fsp3) is 0.875. The van der Waals surface area contributed by atoms with Crippen molar-refractivity contribution >= 4 is 5.84 Å². The van der Waals surface area contributed by atoms with Gasteiger partial charge in [0.25, 0.3) is 0 Å². The summed E-state index contributed by atoms with van der Waals surface area (Å²) in [5, 5.41) is 3.38. The van der Waals surface area contributed by atoms with Gasteiger partial charge in [0, 0.05) is 28.3 Å². The summed E-state index contributed by atoms with van der Waals surface area (Å²) in [5.74, 6) is 0.285.